The minimum Gasteiger partial charge on any atom is -0.352 e. The molecule has 1 aliphatic rings. The highest BCUT2D eigenvalue weighted by molar-refractivity contribution is 5.53. The van der Waals surface area contributed by atoms with Crippen LogP contribution in [-0.2, 0) is 14.3 Å². The molecule has 1 aliphatic heterocycles. The van der Waals surface area contributed by atoms with Crippen LogP contribution in [0.5, 0.6) is 0 Å². The van der Waals surface area contributed by atoms with E-state index in [1.165, 1.54) is 0 Å². The fourth-order valence-corrected chi connectivity index (χ4v) is 1.03. The van der Waals surface area contributed by atoms with Gasteiger partial charge in [-0.3, -0.25) is 0 Å². The van der Waals surface area contributed by atoms with Crippen molar-refractivity contribution in [3.05, 3.63) is 0 Å². The van der Waals surface area contributed by atoms with Crippen molar-refractivity contribution < 1.29 is 14.3 Å². The van der Waals surface area contributed by atoms with Gasteiger partial charge in [-0.05, 0) is 13.3 Å². The van der Waals surface area contributed by atoms with Crippen LogP contribution in [0.3, 0.4) is 0 Å². The minimum absolute atomic E-state index is 0.155. The molecule has 0 amide bonds. The maximum Gasteiger partial charge on any atom is 0.167 e. The normalized spacial score (nSPS) is 34.7. The van der Waals surface area contributed by atoms with E-state index >= 15 is 0 Å². The molecule has 0 N–H and O–H groups in total. The summed E-state index contributed by atoms with van der Waals surface area (Å²) < 4.78 is 10.6. The topological polar surface area (TPSA) is 35.5 Å². The molecule has 1 heterocycles. The quantitative estimate of drug-likeness (QED) is 0.562. The zero-order chi connectivity index (χ0) is 8.27. The Kier molecular flexibility index (Phi) is 3.02. The Balaban J connectivity index is 2.38. The fourth-order valence-electron chi connectivity index (χ4n) is 1.03. The van der Waals surface area contributed by atoms with Crippen molar-refractivity contribution in [3.63, 3.8) is 0 Å². The third-order valence-corrected chi connectivity index (χ3v) is 1.82. The standard InChI is InChI=1S/C8H14O3/c1-6(5-9)8-10-4-3-7(2)11-8/h5-8H,3-4H2,1-2H3. The summed E-state index contributed by atoms with van der Waals surface area (Å²) in [5, 5.41) is 0. The van der Waals surface area contributed by atoms with Crippen LogP contribution in [0, 0.1) is 5.92 Å². The molecule has 64 valence electrons. The van der Waals surface area contributed by atoms with Crippen LogP contribution in [0.4, 0.5) is 0 Å². The van der Waals surface area contributed by atoms with Gasteiger partial charge in [-0.15, -0.1) is 0 Å². The Labute approximate surface area is 66.7 Å². The molecule has 3 heteroatoms. The number of aldehydes is 1. The summed E-state index contributed by atoms with van der Waals surface area (Å²) >= 11 is 0. The first kappa shape index (κ1) is 8.68. The second-order valence-electron chi connectivity index (χ2n) is 2.97. The van der Waals surface area contributed by atoms with E-state index in [1.54, 1.807) is 6.92 Å². The van der Waals surface area contributed by atoms with Crippen LogP contribution < -0.4 is 0 Å². The summed E-state index contributed by atoms with van der Waals surface area (Å²) in [5.74, 6) is -0.155. The molecule has 0 saturated carbocycles. The van der Waals surface area contributed by atoms with Gasteiger partial charge in [-0.1, -0.05) is 6.92 Å². The number of ether oxygens (including phenoxy) is 2. The van der Waals surface area contributed by atoms with Crippen molar-refractivity contribution in [2.75, 3.05) is 6.61 Å². The van der Waals surface area contributed by atoms with Gasteiger partial charge < -0.3 is 14.3 Å². The molecule has 0 aromatic heterocycles. The number of hydrogen-bond acceptors (Lipinski definition) is 3. The van der Waals surface area contributed by atoms with Crippen molar-refractivity contribution in [2.45, 2.75) is 32.7 Å². The number of rotatable bonds is 2. The first-order valence-electron chi connectivity index (χ1n) is 3.96. The molecule has 11 heavy (non-hydrogen) atoms. The van der Waals surface area contributed by atoms with Gasteiger partial charge in [0.25, 0.3) is 0 Å². The van der Waals surface area contributed by atoms with Gasteiger partial charge >= 0.3 is 0 Å². The van der Waals surface area contributed by atoms with Crippen LogP contribution in [-0.4, -0.2) is 25.3 Å². The van der Waals surface area contributed by atoms with Crippen molar-refractivity contribution >= 4 is 6.29 Å². The lowest BCUT2D eigenvalue weighted by Crippen LogP contribution is -2.35. The Morgan fingerprint density at radius 3 is 2.91 bits per heavy atom. The second kappa shape index (κ2) is 3.83. The lowest BCUT2D eigenvalue weighted by Gasteiger charge is -2.29. The third kappa shape index (κ3) is 2.27. The summed E-state index contributed by atoms with van der Waals surface area (Å²) in [4.78, 5) is 10.4. The van der Waals surface area contributed by atoms with Crippen molar-refractivity contribution in [1.82, 2.24) is 0 Å². The van der Waals surface area contributed by atoms with E-state index in [4.69, 9.17) is 9.47 Å². The fraction of sp³-hybridized carbons (Fsp3) is 0.875. The summed E-state index contributed by atoms with van der Waals surface area (Å²) in [6, 6.07) is 0. The van der Waals surface area contributed by atoms with Gasteiger partial charge in [0, 0.05) is 0 Å². The highest BCUT2D eigenvalue weighted by Crippen LogP contribution is 2.16. The van der Waals surface area contributed by atoms with Crippen LogP contribution in [0.2, 0.25) is 0 Å². The molecular weight excluding hydrogens is 144 g/mol. The van der Waals surface area contributed by atoms with E-state index in [9.17, 15) is 4.79 Å². The SMILES string of the molecule is CC1CCOC(C(C)C=O)O1. The number of carbonyl (C=O) groups excluding carboxylic acids is 1. The molecule has 1 saturated heterocycles. The average Bonchev–Trinajstić information content (AvgIpc) is 2.03. The van der Waals surface area contributed by atoms with E-state index in [0.717, 1.165) is 12.7 Å². The predicted octanol–water partition coefficient (Wildman–Crippen LogP) is 0.973. The summed E-state index contributed by atoms with van der Waals surface area (Å²) in [7, 11) is 0. The summed E-state index contributed by atoms with van der Waals surface area (Å²) in [5.41, 5.74) is 0. The van der Waals surface area contributed by atoms with Crippen LogP contribution >= 0.6 is 0 Å². The maximum atomic E-state index is 10.4. The number of hydrogen-bond donors (Lipinski definition) is 0. The van der Waals surface area contributed by atoms with Crippen LogP contribution in [0.25, 0.3) is 0 Å². The van der Waals surface area contributed by atoms with Gasteiger partial charge in [0.05, 0.1) is 18.6 Å². The lowest BCUT2D eigenvalue weighted by molar-refractivity contribution is -0.224. The highest BCUT2D eigenvalue weighted by Gasteiger charge is 2.24. The lowest BCUT2D eigenvalue weighted by atomic mass is 10.2. The Morgan fingerprint density at radius 1 is 1.64 bits per heavy atom. The molecule has 0 bridgehead atoms. The Hall–Kier alpha value is -0.410. The van der Waals surface area contributed by atoms with E-state index in [2.05, 4.69) is 0 Å². The van der Waals surface area contributed by atoms with Crippen molar-refractivity contribution in [2.24, 2.45) is 5.92 Å². The van der Waals surface area contributed by atoms with Gasteiger partial charge in [0.1, 0.15) is 6.29 Å². The van der Waals surface area contributed by atoms with Crippen LogP contribution in [0.1, 0.15) is 20.3 Å². The van der Waals surface area contributed by atoms with Crippen molar-refractivity contribution in [3.8, 4) is 0 Å². The molecular formula is C8H14O3. The zero-order valence-electron chi connectivity index (χ0n) is 6.95. The zero-order valence-corrected chi connectivity index (χ0v) is 6.95. The Morgan fingerprint density at radius 2 is 2.36 bits per heavy atom. The molecule has 0 aliphatic carbocycles. The van der Waals surface area contributed by atoms with Gasteiger partial charge in [-0.25, -0.2) is 0 Å². The highest BCUT2D eigenvalue weighted by atomic mass is 16.7. The average molecular weight is 158 g/mol. The predicted molar refractivity (Wildman–Crippen MR) is 40.1 cm³/mol. The molecule has 1 rings (SSSR count). The molecule has 1 fully saturated rings. The van der Waals surface area contributed by atoms with Crippen molar-refractivity contribution in [1.29, 1.82) is 0 Å². The molecule has 3 atom stereocenters. The van der Waals surface area contributed by atoms with Gasteiger partial charge in [0.2, 0.25) is 0 Å². The molecule has 3 unspecified atom stereocenters. The van der Waals surface area contributed by atoms with Gasteiger partial charge in [0.15, 0.2) is 6.29 Å². The minimum atomic E-state index is -0.323. The largest absolute Gasteiger partial charge is 0.352 e. The van der Waals surface area contributed by atoms with E-state index in [0.29, 0.717) is 6.61 Å². The monoisotopic (exact) mass is 158 g/mol. The first-order chi connectivity index (χ1) is 5.24. The Bertz CT molecular complexity index is 135. The maximum absolute atomic E-state index is 10.4. The molecule has 0 aromatic carbocycles. The molecule has 0 aromatic rings. The van der Waals surface area contributed by atoms with Gasteiger partial charge in [-0.2, -0.15) is 0 Å². The number of carbonyl (C=O) groups is 1. The second-order valence-corrected chi connectivity index (χ2v) is 2.97. The summed E-state index contributed by atoms with van der Waals surface area (Å²) in [6.45, 7) is 4.49. The molecule has 0 radical (unpaired) electrons. The molecule has 3 nitrogen and oxygen atoms in total. The third-order valence-electron chi connectivity index (χ3n) is 1.82. The van der Waals surface area contributed by atoms with E-state index < -0.39 is 0 Å². The molecule has 0 spiro atoms. The first-order valence-corrected chi connectivity index (χ1v) is 3.96. The van der Waals surface area contributed by atoms with E-state index in [1.807, 2.05) is 6.92 Å². The summed E-state index contributed by atoms with van der Waals surface area (Å²) in [6.07, 6.45) is 1.68. The van der Waals surface area contributed by atoms with E-state index in [-0.39, 0.29) is 18.3 Å². The smallest absolute Gasteiger partial charge is 0.167 e. The van der Waals surface area contributed by atoms with Crippen LogP contribution in [0.15, 0.2) is 0 Å².